The summed E-state index contributed by atoms with van der Waals surface area (Å²) in [7, 11) is 0. The maximum Gasteiger partial charge on any atom is 0.140 e. The van der Waals surface area contributed by atoms with Gasteiger partial charge in [0, 0.05) is 18.4 Å². The number of carbonyl (C=O) groups excluding carboxylic acids is 1. The van der Waals surface area contributed by atoms with Gasteiger partial charge < -0.3 is 5.32 Å². The highest BCUT2D eigenvalue weighted by Crippen LogP contribution is 2.33. The Labute approximate surface area is 87.5 Å². The van der Waals surface area contributed by atoms with Crippen molar-refractivity contribution in [3.63, 3.8) is 0 Å². The summed E-state index contributed by atoms with van der Waals surface area (Å²) in [6.07, 6.45) is 3.92. The zero-order valence-electron chi connectivity index (χ0n) is 9.73. The number of Topliss-reactive ketones (excluding diaryl/α,β-unsaturated/α-hetero) is 1. The summed E-state index contributed by atoms with van der Waals surface area (Å²) in [5, 5.41) is 3.32. The molecule has 0 aromatic heterocycles. The van der Waals surface area contributed by atoms with Crippen LogP contribution in [0.4, 0.5) is 0 Å². The Bertz CT molecular complexity index is 194. The molecule has 1 rings (SSSR count). The highest BCUT2D eigenvalue weighted by atomic mass is 16.1. The minimum atomic E-state index is -0.0244. The molecule has 0 saturated carbocycles. The van der Waals surface area contributed by atoms with Crippen molar-refractivity contribution in [2.45, 2.75) is 46.5 Å². The SMILES string of the molecule is CCC(C)CC(=O)C1(CC)CCNC1. The summed E-state index contributed by atoms with van der Waals surface area (Å²) in [5.74, 6) is 1.03. The molecule has 1 aliphatic heterocycles. The Hall–Kier alpha value is -0.370. The molecule has 1 heterocycles. The molecule has 0 spiro atoms. The molecule has 0 aromatic rings. The normalized spacial score (nSPS) is 29.1. The predicted molar refractivity (Wildman–Crippen MR) is 59.3 cm³/mol. The second-order valence-corrected chi connectivity index (χ2v) is 4.70. The quantitative estimate of drug-likeness (QED) is 0.733. The Morgan fingerprint density at radius 1 is 1.50 bits per heavy atom. The van der Waals surface area contributed by atoms with Gasteiger partial charge in [-0.2, -0.15) is 0 Å². The summed E-state index contributed by atoms with van der Waals surface area (Å²) in [6.45, 7) is 8.38. The van der Waals surface area contributed by atoms with Crippen LogP contribution in [0.15, 0.2) is 0 Å². The third kappa shape index (κ3) is 2.35. The fourth-order valence-corrected chi connectivity index (χ4v) is 2.16. The van der Waals surface area contributed by atoms with Crippen molar-refractivity contribution in [1.29, 1.82) is 0 Å². The van der Waals surface area contributed by atoms with Crippen molar-refractivity contribution in [1.82, 2.24) is 5.32 Å². The zero-order valence-corrected chi connectivity index (χ0v) is 9.73. The average Bonchev–Trinajstić information content (AvgIpc) is 2.67. The van der Waals surface area contributed by atoms with Crippen LogP contribution in [-0.2, 0) is 4.79 Å². The molecule has 0 aliphatic carbocycles. The first kappa shape index (κ1) is 11.7. The summed E-state index contributed by atoms with van der Waals surface area (Å²) in [5.41, 5.74) is -0.0244. The highest BCUT2D eigenvalue weighted by molar-refractivity contribution is 5.85. The molecule has 0 aromatic carbocycles. The van der Waals surface area contributed by atoms with E-state index in [0.717, 1.165) is 38.8 Å². The van der Waals surface area contributed by atoms with Crippen molar-refractivity contribution in [3.05, 3.63) is 0 Å². The molecular weight excluding hydrogens is 174 g/mol. The van der Waals surface area contributed by atoms with E-state index in [0.29, 0.717) is 11.7 Å². The smallest absolute Gasteiger partial charge is 0.140 e. The molecule has 82 valence electrons. The molecule has 1 aliphatic rings. The van der Waals surface area contributed by atoms with E-state index in [4.69, 9.17) is 0 Å². The molecule has 2 nitrogen and oxygen atoms in total. The van der Waals surface area contributed by atoms with Crippen LogP contribution in [0.2, 0.25) is 0 Å². The number of rotatable bonds is 5. The Balaban J connectivity index is 2.56. The minimum Gasteiger partial charge on any atom is -0.316 e. The summed E-state index contributed by atoms with van der Waals surface area (Å²) >= 11 is 0. The standard InChI is InChI=1S/C12H23NO/c1-4-10(3)8-11(14)12(5-2)6-7-13-9-12/h10,13H,4-9H2,1-3H3. The lowest BCUT2D eigenvalue weighted by Gasteiger charge is -2.26. The van der Waals surface area contributed by atoms with E-state index >= 15 is 0 Å². The molecule has 2 heteroatoms. The second kappa shape index (κ2) is 4.92. The van der Waals surface area contributed by atoms with Gasteiger partial charge in [-0.3, -0.25) is 4.79 Å². The lowest BCUT2D eigenvalue weighted by molar-refractivity contribution is -0.128. The van der Waals surface area contributed by atoms with E-state index in [-0.39, 0.29) is 5.41 Å². The van der Waals surface area contributed by atoms with Crippen LogP contribution in [0.1, 0.15) is 46.5 Å². The third-order valence-corrected chi connectivity index (χ3v) is 3.74. The molecular formula is C12H23NO. The van der Waals surface area contributed by atoms with E-state index in [1.54, 1.807) is 0 Å². The molecule has 2 atom stereocenters. The van der Waals surface area contributed by atoms with Crippen LogP contribution in [0.5, 0.6) is 0 Å². The van der Waals surface area contributed by atoms with Crippen molar-refractivity contribution < 1.29 is 4.79 Å². The first-order valence-corrected chi connectivity index (χ1v) is 5.88. The van der Waals surface area contributed by atoms with Gasteiger partial charge in [0.15, 0.2) is 0 Å². The summed E-state index contributed by atoms with van der Waals surface area (Å²) in [6, 6.07) is 0. The van der Waals surface area contributed by atoms with Gasteiger partial charge >= 0.3 is 0 Å². The van der Waals surface area contributed by atoms with Gasteiger partial charge in [0.2, 0.25) is 0 Å². The van der Waals surface area contributed by atoms with Gasteiger partial charge in [0.1, 0.15) is 5.78 Å². The topological polar surface area (TPSA) is 29.1 Å². The lowest BCUT2D eigenvalue weighted by Crippen LogP contribution is -2.33. The van der Waals surface area contributed by atoms with E-state index in [1.165, 1.54) is 0 Å². The average molecular weight is 197 g/mol. The van der Waals surface area contributed by atoms with Gasteiger partial charge in [-0.1, -0.05) is 27.2 Å². The second-order valence-electron chi connectivity index (χ2n) is 4.70. The van der Waals surface area contributed by atoms with Gasteiger partial charge in [-0.15, -0.1) is 0 Å². The van der Waals surface area contributed by atoms with Crippen LogP contribution in [0.25, 0.3) is 0 Å². The van der Waals surface area contributed by atoms with Crippen LogP contribution in [0.3, 0.4) is 0 Å². The number of nitrogens with one attached hydrogen (secondary N) is 1. The number of ketones is 1. The molecule has 1 saturated heterocycles. The van der Waals surface area contributed by atoms with E-state index in [2.05, 4.69) is 26.1 Å². The monoisotopic (exact) mass is 197 g/mol. The Morgan fingerprint density at radius 3 is 2.64 bits per heavy atom. The predicted octanol–water partition coefficient (Wildman–Crippen LogP) is 2.38. The first-order valence-electron chi connectivity index (χ1n) is 5.88. The largest absolute Gasteiger partial charge is 0.316 e. The third-order valence-electron chi connectivity index (χ3n) is 3.74. The van der Waals surface area contributed by atoms with E-state index < -0.39 is 0 Å². The fraction of sp³-hybridized carbons (Fsp3) is 0.917. The molecule has 0 bridgehead atoms. The van der Waals surface area contributed by atoms with Crippen LogP contribution in [0, 0.1) is 11.3 Å². The maximum atomic E-state index is 12.1. The van der Waals surface area contributed by atoms with Gasteiger partial charge in [-0.25, -0.2) is 0 Å². The van der Waals surface area contributed by atoms with Gasteiger partial charge in [0.05, 0.1) is 0 Å². The van der Waals surface area contributed by atoms with E-state index in [1.807, 2.05) is 0 Å². The lowest BCUT2D eigenvalue weighted by atomic mass is 9.77. The zero-order chi connectivity index (χ0) is 10.6. The van der Waals surface area contributed by atoms with Crippen molar-refractivity contribution >= 4 is 5.78 Å². The Kier molecular flexibility index (Phi) is 4.11. The van der Waals surface area contributed by atoms with Gasteiger partial charge in [-0.05, 0) is 25.3 Å². The Morgan fingerprint density at radius 2 is 2.21 bits per heavy atom. The molecule has 2 unspecified atom stereocenters. The van der Waals surface area contributed by atoms with E-state index in [9.17, 15) is 4.79 Å². The first-order chi connectivity index (χ1) is 6.64. The molecule has 14 heavy (non-hydrogen) atoms. The van der Waals surface area contributed by atoms with Crippen molar-refractivity contribution in [3.8, 4) is 0 Å². The maximum absolute atomic E-state index is 12.1. The molecule has 0 radical (unpaired) electrons. The highest BCUT2D eigenvalue weighted by Gasteiger charge is 2.38. The van der Waals surface area contributed by atoms with Crippen molar-refractivity contribution in [2.24, 2.45) is 11.3 Å². The van der Waals surface area contributed by atoms with Gasteiger partial charge in [0.25, 0.3) is 0 Å². The number of hydrogen-bond acceptors (Lipinski definition) is 2. The summed E-state index contributed by atoms with van der Waals surface area (Å²) in [4.78, 5) is 12.1. The van der Waals surface area contributed by atoms with Crippen LogP contribution in [-0.4, -0.2) is 18.9 Å². The van der Waals surface area contributed by atoms with Crippen LogP contribution >= 0.6 is 0 Å². The summed E-state index contributed by atoms with van der Waals surface area (Å²) < 4.78 is 0. The number of hydrogen-bond donors (Lipinski definition) is 1. The number of carbonyl (C=O) groups is 1. The molecule has 0 amide bonds. The minimum absolute atomic E-state index is 0.0244. The van der Waals surface area contributed by atoms with Crippen LogP contribution < -0.4 is 5.32 Å². The van der Waals surface area contributed by atoms with Crippen molar-refractivity contribution in [2.75, 3.05) is 13.1 Å². The molecule has 1 fully saturated rings. The molecule has 1 N–H and O–H groups in total. The fourth-order valence-electron chi connectivity index (χ4n) is 2.16.